The topological polar surface area (TPSA) is 119 Å². The largest absolute Gasteiger partial charge is 0.469 e. The number of hydrogen-bond acceptors (Lipinski definition) is 6. The standard InChI is InChI=1S/C40H69O8P/c1-3-5-7-9-11-13-15-17-19-20-21-23-24-26-28-30-32-34-39(41)46-36-38(37-47-49(43,44)45)48-40(42)35-33-31-29-27-25-22-18-16-14-12-10-8-6-4-2/h10,12,16-19,21,23,26,28,38H,3-9,11,13-15,20,22,24-25,27,29-37H2,1-2H3,(H2,43,44,45)/b12-10+,18-16+,19-17+,23-21+,28-26+/t38-/m1/s1. The van der Waals surface area contributed by atoms with E-state index in [1.807, 2.05) is 6.08 Å². The highest BCUT2D eigenvalue weighted by atomic mass is 31.2. The molecule has 0 aliphatic heterocycles. The summed E-state index contributed by atoms with van der Waals surface area (Å²) in [5, 5.41) is 0. The van der Waals surface area contributed by atoms with Crippen LogP contribution in [0.3, 0.4) is 0 Å². The van der Waals surface area contributed by atoms with E-state index in [-0.39, 0.29) is 19.4 Å². The highest BCUT2D eigenvalue weighted by molar-refractivity contribution is 7.46. The molecular formula is C40H69O8P. The van der Waals surface area contributed by atoms with E-state index in [1.54, 1.807) is 0 Å². The average molecular weight is 709 g/mol. The number of rotatable bonds is 34. The first-order chi connectivity index (χ1) is 23.8. The molecule has 2 N–H and O–H groups in total. The number of hydrogen-bond donors (Lipinski definition) is 2. The third-order valence-corrected chi connectivity index (χ3v) is 8.24. The molecule has 282 valence electrons. The maximum Gasteiger partial charge on any atom is 0.469 e. The first-order valence-electron chi connectivity index (χ1n) is 19.1. The summed E-state index contributed by atoms with van der Waals surface area (Å²) in [6.45, 7) is 3.56. The molecule has 0 unspecified atom stereocenters. The molecule has 9 heteroatoms. The van der Waals surface area contributed by atoms with Crippen molar-refractivity contribution in [3.63, 3.8) is 0 Å². The summed E-state index contributed by atoms with van der Waals surface area (Å²) in [7, 11) is -4.77. The molecule has 0 spiro atoms. The van der Waals surface area contributed by atoms with Crippen molar-refractivity contribution < 1.29 is 37.9 Å². The number of carbonyl (C=O) groups is 2. The molecule has 0 heterocycles. The molecule has 0 fully saturated rings. The van der Waals surface area contributed by atoms with Crippen molar-refractivity contribution in [2.24, 2.45) is 0 Å². The lowest BCUT2D eigenvalue weighted by atomic mass is 10.1. The van der Waals surface area contributed by atoms with Gasteiger partial charge in [-0.05, 0) is 70.6 Å². The number of esters is 2. The minimum atomic E-state index is -4.77. The van der Waals surface area contributed by atoms with Gasteiger partial charge in [-0.3, -0.25) is 14.1 Å². The zero-order chi connectivity index (χ0) is 36.1. The van der Waals surface area contributed by atoms with Crippen LogP contribution in [0.15, 0.2) is 60.8 Å². The summed E-state index contributed by atoms with van der Waals surface area (Å²) in [5.41, 5.74) is 0. The van der Waals surface area contributed by atoms with Crippen molar-refractivity contribution in [1.29, 1.82) is 0 Å². The molecule has 0 bridgehead atoms. The van der Waals surface area contributed by atoms with E-state index in [0.717, 1.165) is 70.6 Å². The van der Waals surface area contributed by atoms with Crippen molar-refractivity contribution in [3.05, 3.63) is 60.8 Å². The summed E-state index contributed by atoms with van der Waals surface area (Å²) in [6, 6.07) is 0. The van der Waals surface area contributed by atoms with Crippen molar-refractivity contribution in [3.8, 4) is 0 Å². The monoisotopic (exact) mass is 708 g/mol. The Bertz CT molecular complexity index is 979. The van der Waals surface area contributed by atoms with Crippen molar-refractivity contribution in [1.82, 2.24) is 0 Å². The smallest absolute Gasteiger partial charge is 0.462 e. The quantitative estimate of drug-likeness (QED) is 0.0293. The summed E-state index contributed by atoms with van der Waals surface area (Å²) in [5.74, 6) is -0.967. The van der Waals surface area contributed by atoms with Gasteiger partial charge in [-0.1, -0.05) is 139 Å². The van der Waals surface area contributed by atoms with Gasteiger partial charge in [-0.15, -0.1) is 0 Å². The average Bonchev–Trinajstić information content (AvgIpc) is 3.07. The molecule has 0 rings (SSSR count). The number of ether oxygens (including phenoxy) is 2. The van der Waals surface area contributed by atoms with Crippen molar-refractivity contribution >= 4 is 19.8 Å². The minimum absolute atomic E-state index is 0.183. The normalized spacial score (nSPS) is 13.1. The molecule has 0 aliphatic rings. The van der Waals surface area contributed by atoms with Crippen molar-refractivity contribution in [2.45, 2.75) is 168 Å². The van der Waals surface area contributed by atoms with Crippen LogP contribution in [0.1, 0.15) is 162 Å². The van der Waals surface area contributed by atoms with Crippen LogP contribution in [0.2, 0.25) is 0 Å². The van der Waals surface area contributed by atoms with Crippen LogP contribution in [-0.4, -0.2) is 41.0 Å². The van der Waals surface area contributed by atoms with Gasteiger partial charge in [-0.2, -0.15) is 0 Å². The molecule has 0 aromatic rings. The van der Waals surface area contributed by atoms with Crippen LogP contribution < -0.4 is 0 Å². The highest BCUT2D eigenvalue weighted by Crippen LogP contribution is 2.36. The van der Waals surface area contributed by atoms with E-state index in [2.05, 4.69) is 73.1 Å². The van der Waals surface area contributed by atoms with Crippen molar-refractivity contribution in [2.75, 3.05) is 13.2 Å². The molecule has 0 radical (unpaired) electrons. The highest BCUT2D eigenvalue weighted by Gasteiger charge is 2.22. The second-order valence-corrected chi connectivity index (χ2v) is 13.8. The van der Waals surface area contributed by atoms with E-state index in [9.17, 15) is 14.2 Å². The summed E-state index contributed by atoms with van der Waals surface area (Å²) < 4.78 is 26.2. The molecule has 1 atom stereocenters. The fourth-order valence-corrected chi connectivity index (χ4v) is 5.23. The Labute approximate surface area is 298 Å². The second kappa shape index (κ2) is 35.6. The van der Waals surface area contributed by atoms with E-state index in [0.29, 0.717) is 12.8 Å². The molecular weight excluding hydrogens is 639 g/mol. The van der Waals surface area contributed by atoms with Gasteiger partial charge in [0, 0.05) is 12.8 Å². The number of carbonyl (C=O) groups excluding carboxylic acids is 2. The number of phosphoric acid groups is 1. The Morgan fingerprint density at radius 3 is 1.49 bits per heavy atom. The Morgan fingerprint density at radius 1 is 0.531 bits per heavy atom. The minimum Gasteiger partial charge on any atom is -0.462 e. The maximum atomic E-state index is 12.3. The lowest BCUT2D eigenvalue weighted by molar-refractivity contribution is -0.161. The number of phosphoric ester groups is 1. The molecule has 0 aromatic carbocycles. The third-order valence-electron chi connectivity index (χ3n) is 7.76. The van der Waals surface area contributed by atoms with E-state index < -0.39 is 32.5 Å². The van der Waals surface area contributed by atoms with Gasteiger partial charge < -0.3 is 19.3 Å². The van der Waals surface area contributed by atoms with Gasteiger partial charge in [0.15, 0.2) is 6.10 Å². The first-order valence-corrected chi connectivity index (χ1v) is 20.6. The van der Waals surface area contributed by atoms with Crippen LogP contribution in [0.25, 0.3) is 0 Å². The molecule has 8 nitrogen and oxygen atoms in total. The zero-order valence-electron chi connectivity index (χ0n) is 30.8. The number of unbranched alkanes of at least 4 members (excludes halogenated alkanes) is 14. The fourth-order valence-electron chi connectivity index (χ4n) is 4.87. The zero-order valence-corrected chi connectivity index (χ0v) is 31.7. The van der Waals surface area contributed by atoms with Gasteiger partial charge >= 0.3 is 19.8 Å². The Kier molecular flexibility index (Phi) is 33.9. The van der Waals surface area contributed by atoms with Crippen LogP contribution >= 0.6 is 7.82 Å². The lowest BCUT2D eigenvalue weighted by Gasteiger charge is -2.18. The summed E-state index contributed by atoms with van der Waals surface area (Å²) in [6.07, 6.45) is 43.7. The Balaban J connectivity index is 4.09. The molecule has 0 amide bonds. The molecule has 49 heavy (non-hydrogen) atoms. The fraction of sp³-hybridized carbons (Fsp3) is 0.700. The van der Waals surface area contributed by atoms with Crippen LogP contribution in [-0.2, 0) is 28.2 Å². The summed E-state index contributed by atoms with van der Waals surface area (Å²) in [4.78, 5) is 42.7. The Morgan fingerprint density at radius 2 is 0.959 bits per heavy atom. The van der Waals surface area contributed by atoms with Gasteiger partial charge in [0.05, 0.1) is 6.61 Å². The second-order valence-electron chi connectivity index (χ2n) is 12.5. The number of allylic oxidation sites excluding steroid dienone is 10. The maximum absolute atomic E-state index is 12.3. The van der Waals surface area contributed by atoms with E-state index >= 15 is 0 Å². The van der Waals surface area contributed by atoms with E-state index in [1.165, 1.54) is 51.4 Å². The van der Waals surface area contributed by atoms with Crippen LogP contribution in [0, 0.1) is 0 Å². The third kappa shape index (κ3) is 38.4. The molecule has 0 saturated carbocycles. The van der Waals surface area contributed by atoms with Gasteiger partial charge in [0.25, 0.3) is 0 Å². The molecule has 0 aromatic heterocycles. The van der Waals surface area contributed by atoms with E-state index in [4.69, 9.17) is 19.3 Å². The van der Waals surface area contributed by atoms with Crippen LogP contribution in [0.5, 0.6) is 0 Å². The molecule has 0 saturated heterocycles. The first kappa shape index (κ1) is 46.8. The predicted molar refractivity (Wildman–Crippen MR) is 202 cm³/mol. The lowest BCUT2D eigenvalue weighted by Crippen LogP contribution is -2.29. The molecule has 0 aliphatic carbocycles. The SMILES string of the molecule is CCCC/C=C/C/C=C/CCCCCCCC(=O)O[C@H](COC(=O)CCC/C=C/C/C=C/C/C=C/CCCCCCCC)COP(=O)(O)O. The van der Waals surface area contributed by atoms with Gasteiger partial charge in [-0.25, -0.2) is 4.57 Å². The predicted octanol–water partition coefficient (Wildman–Crippen LogP) is 11.3. The van der Waals surface area contributed by atoms with Gasteiger partial charge in [0.2, 0.25) is 0 Å². The summed E-state index contributed by atoms with van der Waals surface area (Å²) >= 11 is 0. The Hall–Kier alpha value is -2.25. The van der Waals surface area contributed by atoms with Crippen LogP contribution in [0.4, 0.5) is 0 Å². The van der Waals surface area contributed by atoms with Gasteiger partial charge in [0.1, 0.15) is 6.61 Å².